The number of benzene rings is 1. The Morgan fingerprint density at radius 3 is 2.77 bits per heavy atom. The molecule has 0 aliphatic carbocycles. The van der Waals surface area contributed by atoms with E-state index in [4.69, 9.17) is 15.6 Å². The van der Waals surface area contributed by atoms with Gasteiger partial charge in [-0.2, -0.15) is 0 Å². The minimum absolute atomic E-state index is 0.0113. The number of ether oxygens (including phenoxy) is 1. The lowest BCUT2D eigenvalue weighted by Gasteiger charge is -2.10. The first-order chi connectivity index (χ1) is 6.24. The first kappa shape index (κ1) is 9.95. The second-order valence-corrected chi connectivity index (χ2v) is 2.63. The van der Waals surface area contributed by atoms with Gasteiger partial charge in [0, 0.05) is 6.54 Å². The standard InChI is InChI=1S/C9H12FNO2/c10-8-3-1-2-4-9(8)13-6-7(12)5-11/h1-4,7,12H,5-6,11H2. The van der Waals surface area contributed by atoms with Crippen molar-refractivity contribution >= 4 is 0 Å². The number of rotatable bonds is 4. The Balaban J connectivity index is 2.50. The van der Waals surface area contributed by atoms with Crippen LogP contribution in [-0.4, -0.2) is 24.4 Å². The smallest absolute Gasteiger partial charge is 0.165 e. The number of para-hydroxylation sites is 1. The molecule has 0 aliphatic heterocycles. The van der Waals surface area contributed by atoms with Crippen LogP contribution in [0.15, 0.2) is 24.3 Å². The van der Waals surface area contributed by atoms with Crippen molar-refractivity contribution in [1.29, 1.82) is 0 Å². The van der Waals surface area contributed by atoms with Crippen LogP contribution in [0, 0.1) is 5.82 Å². The number of aliphatic hydroxyl groups excluding tert-OH is 1. The minimum atomic E-state index is -0.750. The van der Waals surface area contributed by atoms with Gasteiger partial charge in [-0.05, 0) is 12.1 Å². The molecule has 1 atom stereocenters. The van der Waals surface area contributed by atoms with Crippen LogP contribution >= 0.6 is 0 Å². The highest BCUT2D eigenvalue weighted by Gasteiger charge is 2.05. The maximum Gasteiger partial charge on any atom is 0.165 e. The van der Waals surface area contributed by atoms with Crippen molar-refractivity contribution in [1.82, 2.24) is 0 Å². The lowest BCUT2D eigenvalue weighted by atomic mass is 10.3. The lowest BCUT2D eigenvalue weighted by Crippen LogP contribution is -2.26. The normalized spacial score (nSPS) is 12.5. The second-order valence-electron chi connectivity index (χ2n) is 2.63. The van der Waals surface area contributed by atoms with Crippen LogP contribution in [0.4, 0.5) is 4.39 Å². The molecule has 0 saturated heterocycles. The average molecular weight is 185 g/mol. The van der Waals surface area contributed by atoms with Gasteiger partial charge in [-0.15, -0.1) is 0 Å². The summed E-state index contributed by atoms with van der Waals surface area (Å²) in [4.78, 5) is 0. The third kappa shape index (κ3) is 3.01. The lowest BCUT2D eigenvalue weighted by molar-refractivity contribution is 0.112. The Bertz CT molecular complexity index is 268. The Labute approximate surface area is 75.9 Å². The predicted octanol–water partition coefficient (Wildman–Crippen LogP) is 0.524. The van der Waals surface area contributed by atoms with E-state index in [1.54, 1.807) is 12.1 Å². The summed E-state index contributed by atoms with van der Waals surface area (Å²) >= 11 is 0. The summed E-state index contributed by atoms with van der Waals surface area (Å²) in [5, 5.41) is 9.04. The van der Waals surface area contributed by atoms with Crippen LogP contribution in [0.5, 0.6) is 5.75 Å². The summed E-state index contributed by atoms with van der Waals surface area (Å²) in [5.74, 6) is -0.304. The maximum atomic E-state index is 12.9. The number of hydrogen-bond donors (Lipinski definition) is 2. The summed E-state index contributed by atoms with van der Waals surface area (Å²) in [7, 11) is 0. The molecule has 0 heterocycles. The van der Waals surface area contributed by atoms with Gasteiger partial charge >= 0.3 is 0 Å². The Morgan fingerprint density at radius 2 is 2.15 bits per heavy atom. The highest BCUT2D eigenvalue weighted by molar-refractivity contribution is 5.23. The van der Waals surface area contributed by atoms with Crippen molar-refractivity contribution < 1.29 is 14.2 Å². The Kier molecular flexibility index (Phi) is 3.67. The van der Waals surface area contributed by atoms with Gasteiger partial charge < -0.3 is 15.6 Å². The number of nitrogens with two attached hydrogens (primary N) is 1. The molecule has 1 aromatic carbocycles. The van der Waals surface area contributed by atoms with Gasteiger partial charge in [-0.1, -0.05) is 12.1 Å². The van der Waals surface area contributed by atoms with Gasteiger partial charge in [0.2, 0.25) is 0 Å². The number of aliphatic hydroxyl groups is 1. The van der Waals surface area contributed by atoms with E-state index in [1.807, 2.05) is 0 Å². The van der Waals surface area contributed by atoms with Gasteiger partial charge in [0.1, 0.15) is 12.7 Å². The zero-order valence-electron chi connectivity index (χ0n) is 7.11. The summed E-state index contributed by atoms with van der Waals surface area (Å²) in [5.41, 5.74) is 5.15. The van der Waals surface area contributed by atoms with Crippen LogP contribution in [0.3, 0.4) is 0 Å². The van der Waals surface area contributed by atoms with E-state index in [1.165, 1.54) is 12.1 Å². The van der Waals surface area contributed by atoms with Crippen LogP contribution in [0.2, 0.25) is 0 Å². The first-order valence-electron chi connectivity index (χ1n) is 3.99. The fourth-order valence-electron chi connectivity index (χ4n) is 0.816. The highest BCUT2D eigenvalue weighted by atomic mass is 19.1. The molecule has 0 radical (unpaired) electrons. The maximum absolute atomic E-state index is 12.9. The molecule has 0 saturated carbocycles. The molecule has 0 spiro atoms. The topological polar surface area (TPSA) is 55.5 Å². The number of hydrogen-bond acceptors (Lipinski definition) is 3. The highest BCUT2D eigenvalue weighted by Crippen LogP contribution is 2.15. The molecular formula is C9H12FNO2. The van der Waals surface area contributed by atoms with E-state index >= 15 is 0 Å². The van der Waals surface area contributed by atoms with E-state index in [0.717, 1.165) is 0 Å². The molecular weight excluding hydrogens is 173 g/mol. The molecule has 0 aromatic heterocycles. The zero-order valence-corrected chi connectivity index (χ0v) is 7.11. The predicted molar refractivity (Wildman–Crippen MR) is 47.0 cm³/mol. The van der Waals surface area contributed by atoms with E-state index in [2.05, 4.69) is 0 Å². The molecule has 13 heavy (non-hydrogen) atoms. The average Bonchev–Trinajstić information content (AvgIpc) is 2.16. The van der Waals surface area contributed by atoms with Crippen LogP contribution in [0.25, 0.3) is 0 Å². The molecule has 3 N–H and O–H groups in total. The molecule has 1 unspecified atom stereocenters. The Morgan fingerprint density at radius 1 is 1.46 bits per heavy atom. The molecule has 1 rings (SSSR count). The van der Waals surface area contributed by atoms with Gasteiger partial charge in [-0.3, -0.25) is 0 Å². The Hall–Kier alpha value is -1.13. The molecule has 0 bridgehead atoms. The molecule has 0 fully saturated rings. The fraction of sp³-hybridized carbons (Fsp3) is 0.333. The molecule has 0 amide bonds. The zero-order chi connectivity index (χ0) is 9.68. The number of halogens is 1. The SMILES string of the molecule is NCC(O)COc1ccccc1F. The molecule has 0 aliphatic rings. The quantitative estimate of drug-likeness (QED) is 0.719. The van der Waals surface area contributed by atoms with Gasteiger partial charge in [0.05, 0.1) is 0 Å². The van der Waals surface area contributed by atoms with Crippen LogP contribution < -0.4 is 10.5 Å². The van der Waals surface area contributed by atoms with Crippen molar-refractivity contribution in [2.75, 3.05) is 13.2 Å². The third-order valence-electron chi connectivity index (χ3n) is 1.54. The van der Waals surface area contributed by atoms with E-state index in [0.29, 0.717) is 0 Å². The fourth-order valence-corrected chi connectivity index (χ4v) is 0.816. The van der Waals surface area contributed by atoms with Crippen molar-refractivity contribution in [2.24, 2.45) is 5.73 Å². The third-order valence-corrected chi connectivity index (χ3v) is 1.54. The van der Waals surface area contributed by atoms with Gasteiger partial charge in [0.15, 0.2) is 11.6 Å². The van der Waals surface area contributed by atoms with Crippen LogP contribution in [0.1, 0.15) is 0 Å². The summed E-state index contributed by atoms with van der Waals surface area (Å²) in [6, 6.07) is 6.03. The van der Waals surface area contributed by atoms with E-state index in [-0.39, 0.29) is 18.9 Å². The molecule has 3 nitrogen and oxygen atoms in total. The van der Waals surface area contributed by atoms with Gasteiger partial charge in [0.25, 0.3) is 0 Å². The van der Waals surface area contributed by atoms with Gasteiger partial charge in [-0.25, -0.2) is 4.39 Å². The monoisotopic (exact) mass is 185 g/mol. The summed E-state index contributed by atoms with van der Waals surface area (Å²) < 4.78 is 17.9. The van der Waals surface area contributed by atoms with Crippen molar-refractivity contribution in [3.05, 3.63) is 30.1 Å². The van der Waals surface area contributed by atoms with E-state index < -0.39 is 11.9 Å². The van der Waals surface area contributed by atoms with Crippen molar-refractivity contribution in [3.8, 4) is 5.75 Å². The largest absolute Gasteiger partial charge is 0.488 e. The molecule has 4 heteroatoms. The summed E-state index contributed by atoms with van der Waals surface area (Å²) in [6.45, 7) is 0.117. The van der Waals surface area contributed by atoms with Crippen LogP contribution in [-0.2, 0) is 0 Å². The first-order valence-corrected chi connectivity index (χ1v) is 3.99. The minimum Gasteiger partial charge on any atom is -0.488 e. The summed E-state index contributed by atoms with van der Waals surface area (Å²) in [6.07, 6.45) is -0.750. The van der Waals surface area contributed by atoms with E-state index in [9.17, 15) is 4.39 Å². The second kappa shape index (κ2) is 4.79. The van der Waals surface area contributed by atoms with Crippen molar-refractivity contribution in [2.45, 2.75) is 6.10 Å². The van der Waals surface area contributed by atoms with Crippen molar-refractivity contribution in [3.63, 3.8) is 0 Å². The molecule has 1 aromatic rings. The molecule has 72 valence electrons.